The summed E-state index contributed by atoms with van der Waals surface area (Å²) in [7, 11) is 1.44. The van der Waals surface area contributed by atoms with Crippen LogP contribution < -0.4 is 4.74 Å². The molecule has 4 heteroatoms. The molecule has 0 fully saturated rings. The minimum absolute atomic E-state index is 0.0340. The Morgan fingerprint density at radius 2 is 1.62 bits per heavy atom. The first-order valence-corrected chi connectivity index (χ1v) is 4.97. The predicted molar refractivity (Wildman–Crippen MR) is 57.6 cm³/mol. The highest BCUT2D eigenvalue weighted by molar-refractivity contribution is 5.34. The zero-order valence-corrected chi connectivity index (χ0v) is 9.93. The van der Waals surface area contributed by atoms with Gasteiger partial charge in [-0.25, -0.2) is 8.78 Å². The lowest BCUT2D eigenvalue weighted by Gasteiger charge is -2.21. The molecular weight excluding hydrogens is 214 g/mol. The number of hydrogen-bond donors (Lipinski definition) is 0. The average molecular weight is 230 g/mol. The van der Waals surface area contributed by atoms with E-state index in [1.807, 2.05) is 0 Å². The highest BCUT2D eigenvalue weighted by Gasteiger charge is 2.23. The standard InChI is InChI=1S/C12H16F2O2/c1-12(2,3)11-9(13)5-8(6-10(11)14)16-7-15-4/h5-6H,7H2,1-4H3. The van der Waals surface area contributed by atoms with Crippen LogP contribution in [0.4, 0.5) is 8.78 Å². The summed E-state index contributed by atoms with van der Waals surface area (Å²) in [5, 5.41) is 0. The Morgan fingerprint density at radius 3 is 2.00 bits per heavy atom. The lowest BCUT2D eigenvalue weighted by Crippen LogP contribution is -2.16. The van der Waals surface area contributed by atoms with Crippen LogP contribution in [0.1, 0.15) is 26.3 Å². The Hall–Kier alpha value is -1.16. The first-order chi connectivity index (χ1) is 7.36. The van der Waals surface area contributed by atoms with Gasteiger partial charge < -0.3 is 9.47 Å². The summed E-state index contributed by atoms with van der Waals surface area (Å²) in [6.07, 6.45) is 0. The van der Waals surface area contributed by atoms with E-state index in [9.17, 15) is 8.78 Å². The molecule has 0 saturated carbocycles. The van der Waals surface area contributed by atoms with Crippen molar-refractivity contribution in [3.63, 3.8) is 0 Å². The van der Waals surface area contributed by atoms with Crippen LogP contribution in [0.3, 0.4) is 0 Å². The largest absolute Gasteiger partial charge is 0.467 e. The molecule has 0 radical (unpaired) electrons. The smallest absolute Gasteiger partial charge is 0.188 e. The second kappa shape index (κ2) is 4.78. The average Bonchev–Trinajstić information content (AvgIpc) is 2.11. The number of methoxy groups -OCH3 is 1. The van der Waals surface area contributed by atoms with E-state index in [2.05, 4.69) is 4.74 Å². The Kier molecular flexibility index (Phi) is 3.86. The van der Waals surface area contributed by atoms with Crippen LogP contribution >= 0.6 is 0 Å². The van der Waals surface area contributed by atoms with Crippen molar-refractivity contribution >= 4 is 0 Å². The molecule has 2 nitrogen and oxygen atoms in total. The van der Waals surface area contributed by atoms with Crippen LogP contribution in [0.15, 0.2) is 12.1 Å². The molecule has 1 aromatic carbocycles. The maximum absolute atomic E-state index is 13.7. The molecule has 0 aliphatic rings. The van der Waals surface area contributed by atoms with Gasteiger partial charge in [0, 0.05) is 24.8 Å². The fourth-order valence-corrected chi connectivity index (χ4v) is 1.48. The van der Waals surface area contributed by atoms with E-state index >= 15 is 0 Å². The summed E-state index contributed by atoms with van der Waals surface area (Å²) in [6, 6.07) is 2.34. The summed E-state index contributed by atoms with van der Waals surface area (Å²) < 4.78 is 37.0. The third kappa shape index (κ3) is 2.92. The van der Waals surface area contributed by atoms with Crippen LogP contribution in [0.25, 0.3) is 0 Å². The summed E-state index contributed by atoms with van der Waals surface area (Å²) in [4.78, 5) is 0. The van der Waals surface area contributed by atoms with Gasteiger partial charge in [-0.1, -0.05) is 20.8 Å². The van der Waals surface area contributed by atoms with Gasteiger partial charge in [0.2, 0.25) is 0 Å². The third-order valence-corrected chi connectivity index (χ3v) is 2.11. The van der Waals surface area contributed by atoms with Gasteiger partial charge in [-0.05, 0) is 5.41 Å². The highest BCUT2D eigenvalue weighted by Crippen LogP contribution is 2.30. The first kappa shape index (κ1) is 12.9. The fraction of sp³-hybridized carbons (Fsp3) is 0.500. The summed E-state index contributed by atoms with van der Waals surface area (Å²) >= 11 is 0. The minimum atomic E-state index is -0.599. The van der Waals surface area contributed by atoms with Gasteiger partial charge in [0.05, 0.1) is 0 Å². The van der Waals surface area contributed by atoms with Crippen LogP contribution in [0, 0.1) is 11.6 Å². The molecule has 0 bridgehead atoms. The molecule has 0 aliphatic heterocycles. The van der Waals surface area contributed by atoms with Crippen molar-refractivity contribution in [3.05, 3.63) is 29.3 Å². The number of rotatable bonds is 3. The molecule has 90 valence electrons. The van der Waals surface area contributed by atoms with Crippen LogP contribution in [-0.2, 0) is 10.2 Å². The zero-order chi connectivity index (χ0) is 12.3. The van der Waals surface area contributed by atoms with E-state index in [-0.39, 0.29) is 18.1 Å². The van der Waals surface area contributed by atoms with E-state index in [4.69, 9.17) is 4.74 Å². The predicted octanol–water partition coefficient (Wildman–Crippen LogP) is 3.25. The van der Waals surface area contributed by atoms with Gasteiger partial charge in [-0.15, -0.1) is 0 Å². The van der Waals surface area contributed by atoms with Gasteiger partial charge in [0.1, 0.15) is 17.4 Å². The van der Waals surface area contributed by atoms with Crippen molar-refractivity contribution in [2.75, 3.05) is 13.9 Å². The van der Waals surface area contributed by atoms with E-state index in [0.717, 1.165) is 0 Å². The molecule has 16 heavy (non-hydrogen) atoms. The normalized spacial score (nSPS) is 11.6. The second-order valence-electron chi connectivity index (χ2n) is 4.56. The van der Waals surface area contributed by atoms with Gasteiger partial charge >= 0.3 is 0 Å². The van der Waals surface area contributed by atoms with E-state index in [1.54, 1.807) is 20.8 Å². The molecule has 0 aromatic heterocycles. The Morgan fingerprint density at radius 1 is 1.12 bits per heavy atom. The van der Waals surface area contributed by atoms with E-state index < -0.39 is 17.0 Å². The molecule has 0 aliphatic carbocycles. The molecule has 1 aromatic rings. The molecule has 0 amide bonds. The van der Waals surface area contributed by atoms with Crippen LogP contribution in [0.5, 0.6) is 5.75 Å². The summed E-state index contributed by atoms with van der Waals surface area (Å²) in [5.74, 6) is -1.07. The minimum Gasteiger partial charge on any atom is -0.467 e. The quantitative estimate of drug-likeness (QED) is 0.742. The van der Waals surface area contributed by atoms with Crippen molar-refractivity contribution in [1.29, 1.82) is 0 Å². The van der Waals surface area contributed by atoms with Crippen molar-refractivity contribution in [3.8, 4) is 5.75 Å². The lowest BCUT2D eigenvalue weighted by atomic mass is 9.86. The van der Waals surface area contributed by atoms with Gasteiger partial charge in [0.15, 0.2) is 6.79 Å². The molecular formula is C12H16F2O2. The third-order valence-electron chi connectivity index (χ3n) is 2.11. The second-order valence-corrected chi connectivity index (χ2v) is 4.56. The van der Waals surface area contributed by atoms with Gasteiger partial charge in [-0.2, -0.15) is 0 Å². The lowest BCUT2D eigenvalue weighted by molar-refractivity contribution is 0.0506. The Labute approximate surface area is 94.2 Å². The first-order valence-electron chi connectivity index (χ1n) is 4.97. The molecule has 1 rings (SSSR count). The van der Waals surface area contributed by atoms with Gasteiger partial charge in [0.25, 0.3) is 0 Å². The van der Waals surface area contributed by atoms with Crippen molar-refractivity contribution in [2.45, 2.75) is 26.2 Å². The monoisotopic (exact) mass is 230 g/mol. The highest BCUT2D eigenvalue weighted by atomic mass is 19.1. The Bertz CT molecular complexity index is 347. The van der Waals surface area contributed by atoms with Gasteiger partial charge in [-0.3, -0.25) is 0 Å². The van der Waals surface area contributed by atoms with Crippen LogP contribution in [0.2, 0.25) is 0 Å². The Balaban J connectivity index is 3.08. The maximum atomic E-state index is 13.7. The van der Waals surface area contributed by atoms with Crippen LogP contribution in [-0.4, -0.2) is 13.9 Å². The van der Waals surface area contributed by atoms with E-state index in [1.165, 1.54) is 19.2 Å². The molecule has 0 saturated heterocycles. The number of ether oxygens (including phenoxy) is 2. The van der Waals surface area contributed by atoms with Crippen molar-refractivity contribution < 1.29 is 18.3 Å². The number of hydrogen-bond acceptors (Lipinski definition) is 2. The molecule has 0 N–H and O–H groups in total. The molecule has 0 heterocycles. The summed E-state index contributed by atoms with van der Waals surface area (Å²) in [6.45, 7) is 5.23. The molecule has 0 atom stereocenters. The van der Waals surface area contributed by atoms with Crippen molar-refractivity contribution in [1.82, 2.24) is 0 Å². The number of halogens is 2. The number of benzene rings is 1. The SMILES string of the molecule is COCOc1cc(F)c(C(C)(C)C)c(F)c1. The molecule has 0 unspecified atom stereocenters. The topological polar surface area (TPSA) is 18.5 Å². The maximum Gasteiger partial charge on any atom is 0.188 e. The molecule has 0 spiro atoms. The fourth-order valence-electron chi connectivity index (χ4n) is 1.48. The van der Waals surface area contributed by atoms with Crippen molar-refractivity contribution in [2.24, 2.45) is 0 Å². The zero-order valence-electron chi connectivity index (χ0n) is 9.93. The van der Waals surface area contributed by atoms with E-state index in [0.29, 0.717) is 0 Å². The summed E-state index contributed by atoms with van der Waals surface area (Å²) in [5.41, 5.74) is -0.509.